The first-order valence-electron chi connectivity index (χ1n) is 12.3. The van der Waals surface area contributed by atoms with Crippen LogP contribution in [0.15, 0.2) is 30.9 Å². The maximum Gasteiger partial charge on any atom is 0.261 e. The van der Waals surface area contributed by atoms with Crippen LogP contribution in [0.4, 0.5) is 15.9 Å². The number of amides is 2. The van der Waals surface area contributed by atoms with Gasteiger partial charge >= 0.3 is 0 Å². The maximum atomic E-state index is 15.0. The fourth-order valence-electron chi connectivity index (χ4n) is 5.39. The summed E-state index contributed by atoms with van der Waals surface area (Å²) in [6, 6.07) is 4.04. The van der Waals surface area contributed by atoms with E-state index < -0.39 is 5.82 Å². The highest BCUT2D eigenvalue weighted by Gasteiger charge is 2.41. The predicted octanol–water partition coefficient (Wildman–Crippen LogP) is 2.50. The molecule has 2 amide bonds. The highest BCUT2D eigenvalue weighted by molar-refractivity contribution is 6.35. The third-order valence-corrected chi connectivity index (χ3v) is 7.68. The van der Waals surface area contributed by atoms with Crippen LogP contribution < -0.4 is 15.4 Å². The number of nitrogens with two attached hydrogens (primary N) is 1. The number of ether oxygens (including phenoxy) is 1. The van der Waals surface area contributed by atoms with E-state index in [9.17, 15) is 9.59 Å². The van der Waals surface area contributed by atoms with Gasteiger partial charge in [0.25, 0.3) is 5.91 Å². The Bertz CT molecular complexity index is 1250. The molecule has 3 aliphatic rings. The van der Waals surface area contributed by atoms with Crippen LogP contribution in [0.3, 0.4) is 0 Å². The molecule has 5 rings (SSSR count). The van der Waals surface area contributed by atoms with E-state index in [0.717, 1.165) is 13.1 Å². The largest absolute Gasteiger partial charge is 0.489 e. The van der Waals surface area contributed by atoms with Crippen LogP contribution in [0.2, 0.25) is 5.02 Å². The fraction of sp³-hybridized carbons (Fsp3) is 0.423. The number of pyridine rings is 1. The van der Waals surface area contributed by atoms with Gasteiger partial charge in [0, 0.05) is 51.0 Å². The van der Waals surface area contributed by atoms with Gasteiger partial charge in [0.15, 0.2) is 5.75 Å². The van der Waals surface area contributed by atoms with E-state index in [2.05, 4.69) is 23.3 Å². The molecule has 196 valence electrons. The van der Waals surface area contributed by atoms with E-state index in [0.29, 0.717) is 32.0 Å². The first kappa shape index (κ1) is 25.3. The topological polar surface area (TPSA) is 95.2 Å². The zero-order valence-electron chi connectivity index (χ0n) is 20.9. The molecule has 3 aliphatic heterocycles. The third kappa shape index (κ3) is 4.38. The van der Waals surface area contributed by atoms with Crippen LogP contribution in [-0.2, 0) is 4.79 Å². The second-order valence-corrected chi connectivity index (χ2v) is 10.1. The van der Waals surface area contributed by atoms with Gasteiger partial charge in [-0.05, 0) is 32.2 Å². The number of nitrogens with zero attached hydrogens (tertiary/aromatic N) is 5. The molecule has 9 nitrogen and oxygen atoms in total. The van der Waals surface area contributed by atoms with Gasteiger partial charge in [0.1, 0.15) is 34.5 Å². The van der Waals surface area contributed by atoms with Gasteiger partial charge in [-0.3, -0.25) is 9.59 Å². The van der Waals surface area contributed by atoms with Crippen molar-refractivity contribution in [3.05, 3.63) is 47.3 Å². The van der Waals surface area contributed by atoms with E-state index in [-0.39, 0.29) is 63.8 Å². The molecular formula is C26H30ClFN6O3. The second kappa shape index (κ2) is 9.83. The van der Waals surface area contributed by atoms with Crippen molar-refractivity contribution in [1.82, 2.24) is 19.7 Å². The van der Waals surface area contributed by atoms with E-state index in [4.69, 9.17) is 27.1 Å². The van der Waals surface area contributed by atoms with Gasteiger partial charge in [-0.1, -0.05) is 24.2 Å². The molecule has 0 aliphatic carbocycles. The van der Waals surface area contributed by atoms with Gasteiger partial charge in [-0.2, -0.15) is 0 Å². The molecule has 4 heterocycles. The van der Waals surface area contributed by atoms with Gasteiger partial charge in [0.05, 0.1) is 11.6 Å². The number of aromatic nitrogens is 1. The fourth-order valence-corrected chi connectivity index (χ4v) is 5.68. The van der Waals surface area contributed by atoms with E-state index in [1.54, 1.807) is 15.9 Å². The number of halogens is 2. The minimum Gasteiger partial charge on any atom is -0.489 e. The summed E-state index contributed by atoms with van der Waals surface area (Å²) >= 11 is 6.83. The lowest BCUT2D eigenvalue weighted by molar-refractivity contribution is -0.128. The summed E-state index contributed by atoms with van der Waals surface area (Å²) in [5.41, 5.74) is 6.80. The molecule has 37 heavy (non-hydrogen) atoms. The summed E-state index contributed by atoms with van der Waals surface area (Å²) in [5, 5.41) is 0.0320. The Morgan fingerprint density at radius 2 is 1.97 bits per heavy atom. The molecule has 1 aromatic heterocycles. The van der Waals surface area contributed by atoms with Gasteiger partial charge in [-0.25, -0.2) is 9.37 Å². The average molecular weight is 529 g/mol. The number of hydrogen-bond acceptors (Lipinski definition) is 7. The molecule has 2 N–H and O–H groups in total. The summed E-state index contributed by atoms with van der Waals surface area (Å²) in [6.07, 6.45) is 1.27. The number of benzene rings is 1. The number of nitrogen functional groups attached to an aromatic ring is 1. The number of piperazine rings is 2. The van der Waals surface area contributed by atoms with Crippen LogP contribution in [0.25, 0.3) is 11.3 Å². The number of hydrogen-bond donors (Lipinski definition) is 1. The summed E-state index contributed by atoms with van der Waals surface area (Å²) in [4.78, 5) is 38.8. The summed E-state index contributed by atoms with van der Waals surface area (Å²) in [5.74, 6) is -0.475. The van der Waals surface area contributed by atoms with Gasteiger partial charge in [-0.15, -0.1) is 0 Å². The Balaban J connectivity index is 1.67. The zero-order valence-corrected chi connectivity index (χ0v) is 21.7. The van der Waals surface area contributed by atoms with Gasteiger partial charge < -0.3 is 30.1 Å². The standard InChI is InChI=1S/C26H30ClFN6O3/c1-4-19(35)32-9-11-34-16(13-32)14-37-24-21(26(34)36)25(33-10-8-31(3)12-15(33)2)30-23(22(24)27)20-17(28)6-5-7-18(20)29/h4-7,15-16H,1,8-14,29H2,2-3H3/t15-,16+/m0/s1. The second-order valence-electron chi connectivity index (χ2n) is 9.76. The highest BCUT2D eigenvalue weighted by Crippen LogP contribution is 2.45. The van der Waals surface area contributed by atoms with Crippen molar-refractivity contribution in [3.63, 3.8) is 0 Å². The van der Waals surface area contributed by atoms with Crippen molar-refractivity contribution < 1.29 is 18.7 Å². The Kier molecular flexibility index (Phi) is 6.72. The number of likely N-dealkylation sites (N-methyl/N-ethyl adjacent to an activating group) is 1. The maximum absolute atomic E-state index is 15.0. The van der Waals surface area contributed by atoms with Crippen LogP contribution in [-0.4, -0.2) is 96.5 Å². The van der Waals surface area contributed by atoms with Crippen LogP contribution in [0, 0.1) is 5.82 Å². The molecule has 0 saturated carbocycles. The molecule has 2 aromatic rings. The zero-order chi connectivity index (χ0) is 26.4. The number of fused-ring (bicyclic) bond motifs is 2. The first-order chi connectivity index (χ1) is 17.7. The van der Waals surface area contributed by atoms with E-state index in [1.165, 1.54) is 18.2 Å². The van der Waals surface area contributed by atoms with Crippen LogP contribution >= 0.6 is 11.6 Å². The molecule has 0 radical (unpaired) electrons. The lowest BCUT2D eigenvalue weighted by atomic mass is 10.0. The van der Waals surface area contributed by atoms with Crippen molar-refractivity contribution in [2.24, 2.45) is 0 Å². The molecule has 2 saturated heterocycles. The monoisotopic (exact) mass is 528 g/mol. The highest BCUT2D eigenvalue weighted by atomic mass is 35.5. The lowest BCUT2D eigenvalue weighted by Crippen LogP contribution is -2.57. The minimum atomic E-state index is -0.567. The van der Waals surface area contributed by atoms with Crippen LogP contribution in [0.1, 0.15) is 17.3 Å². The van der Waals surface area contributed by atoms with Crippen molar-refractivity contribution in [1.29, 1.82) is 0 Å². The number of rotatable bonds is 3. The van der Waals surface area contributed by atoms with Crippen molar-refractivity contribution >= 4 is 34.9 Å². The summed E-state index contributed by atoms with van der Waals surface area (Å²) < 4.78 is 21.3. The molecule has 0 spiro atoms. The minimum absolute atomic E-state index is 0.0243. The SMILES string of the molecule is C=CC(=O)N1CCN2C(=O)c3c(N4CCN(C)C[C@@H]4C)nc(-c4c(N)cccc4F)c(Cl)c3OC[C@H]2C1. The third-order valence-electron chi connectivity index (χ3n) is 7.32. The Labute approximate surface area is 220 Å². The Morgan fingerprint density at radius 3 is 2.68 bits per heavy atom. The van der Waals surface area contributed by atoms with Crippen LogP contribution in [0.5, 0.6) is 5.75 Å². The molecule has 1 aromatic carbocycles. The molecule has 2 atom stereocenters. The van der Waals surface area contributed by atoms with Crippen molar-refractivity contribution in [2.45, 2.75) is 19.0 Å². The Hall–Kier alpha value is -3.37. The quantitative estimate of drug-likeness (QED) is 0.483. The lowest BCUT2D eigenvalue weighted by Gasteiger charge is -2.41. The van der Waals surface area contributed by atoms with E-state index >= 15 is 4.39 Å². The molecule has 2 fully saturated rings. The van der Waals surface area contributed by atoms with Crippen molar-refractivity contribution in [3.8, 4) is 17.0 Å². The van der Waals surface area contributed by atoms with E-state index in [1.807, 2.05) is 7.05 Å². The smallest absolute Gasteiger partial charge is 0.261 e. The average Bonchev–Trinajstić information content (AvgIpc) is 3.01. The number of carbonyl (C=O) groups excluding carboxylic acids is 2. The number of carbonyl (C=O) groups is 2. The first-order valence-corrected chi connectivity index (χ1v) is 12.7. The normalized spacial score (nSPS) is 22.2. The molecule has 0 unspecified atom stereocenters. The summed E-state index contributed by atoms with van der Waals surface area (Å²) in [6.45, 7) is 8.91. The predicted molar refractivity (Wildman–Crippen MR) is 140 cm³/mol. The Morgan fingerprint density at radius 1 is 1.22 bits per heavy atom. The molecular weight excluding hydrogens is 499 g/mol. The van der Waals surface area contributed by atoms with Gasteiger partial charge in [0.2, 0.25) is 5.91 Å². The van der Waals surface area contributed by atoms with Crippen molar-refractivity contribution in [2.75, 3.05) is 63.6 Å². The molecule has 0 bridgehead atoms. The summed E-state index contributed by atoms with van der Waals surface area (Å²) in [7, 11) is 2.04. The number of anilines is 2. The molecule has 11 heteroatoms.